The topological polar surface area (TPSA) is 125 Å². The van der Waals surface area contributed by atoms with Gasteiger partial charge in [0, 0.05) is 6.54 Å². The number of aromatic nitrogens is 2. The minimum atomic E-state index is -3.69. The molecular weight excluding hydrogens is 270 g/mol. The third-order valence-electron chi connectivity index (χ3n) is 3.29. The number of nitrogens with one attached hydrogen (secondary N) is 1. The zero-order valence-corrected chi connectivity index (χ0v) is 11.6. The molecule has 9 heteroatoms. The van der Waals surface area contributed by atoms with Crippen LogP contribution >= 0.6 is 0 Å². The highest BCUT2D eigenvalue weighted by Crippen LogP contribution is 2.28. The summed E-state index contributed by atoms with van der Waals surface area (Å²) in [5.41, 5.74) is 6.47. The van der Waals surface area contributed by atoms with E-state index in [4.69, 9.17) is 10.9 Å². The standard InChI is InChI=1S/C10H17N5O3S/c1-6-9(7(2)13-12-6)19(17,18)15-5-3-4-8(15)10(11)14-16/h8,16H,3-5H2,1-2H3,(H2,11,14)(H,12,13). The molecule has 1 aromatic heterocycles. The van der Waals surface area contributed by atoms with E-state index in [1.165, 1.54) is 4.31 Å². The van der Waals surface area contributed by atoms with Gasteiger partial charge in [-0.1, -0.05) is 5.16 Å². The molecule has 0 amide bonds. The van der Waals surface area contributed by atoms with E-state index < -0.39 is 16.1 Å². The van der Waals surface area contributed by atoms with Gasteiger partial charge in [0.25, 0.3) is 0 Å². The van der Waals surface area contributed by atoms with Gasteiger partial charge in [0.05, 0.1) is 17.4 Å². The first-order valence-corrected chi connectivity index (χ1v) is 7.34. The number of nitrogens with two attached hydrogens (primary N) is 1. The third-order valence-corrected chi connectivity index (χ3v) is 5.46. The molecule has 106 valence electrons. The highest BCUT2D eigenvalue weighted by molar-refractivity contribution is 7.89. The Bertz CT molecular complexity index is 587. The van der Waals surface area contributed by atoms with E-state index in [-0.39, 0.29) is 10.7 Å². The first kappa shape index (κ1) is 13.8. The van der Waals surface area contributed by atoms with Crippen LogP contribution in [0.2, 0.25) is 0 Å². The first-order valence-electron chi connectivity index (χ1n) is 5.90. The van der Waals surface area contributed by atoms with Gasteiger partial charge in [0.1, 0.15) is 4.90 Å². The smallest absolute Gasteiger partial charge is 0.247 e. The third kappa shape index (κ3) is 2.19. The van der Waals surface area contributed by atoms with Crippen molar-refractivity contribution >= 4 is 15.9 Å². The minimum Gasteiger partial charge on any atom is -0.409 e. The van der Waals surface area contributed by atoms with Crippen molar-refractivity contribution in [3.63, 3.8) is 0 Å². The number of hydrogen-bond acceptors (Lipinski definition) is 5. The van der Waals surface area contributed by atoms with Crippen molar-refractivity contribution in [2.45, 2.75) is 37.6 Å². The summed E-state index contributed by atoms with van der Waals surface area (Å²) in [6.07, 6.45) is 1.22. The fraction of sp³-hybridized carbons (Fsp3) is 0.600. The Morgan fingerprint density at radius 1 is 1.58 bits per heavy atom. The number of oxime groups is 1. The van der Waals surface area contributed by atoms with Gasteiger partial charge < -0.3 is 10.9 Å². The van der Waals surface area contributed by atoms with Gasteiger partial charge >= 0.3 is 0 Å². The number of sulfonamides is 1. The average Bonchev–Trinajstić information content (AvgIpc) is 2.95. The Morgan fingerprint density at radius 2 is 2.26 bits per heavy atom. The molecule has 19 heavy (non-hydrogen) atoms. The van der Waals surface area contributed by atoms with Crippen molar-refractivity contribution in [2.24, 2.45) is 10.9 Å². The largest absolute Gasteiger partial charge is 0.409 e. The molecule has 1 aliphatic heterocycles. The van der Waals surface area contributed by atoms with Crippen molar-refractivity contribution in [2.75, 3.05) is 6.54 Å². The van der Waals surface area contributed by atoms with Crippen LogP contribution in [0.3, 0.4) is 0 Å². The molecule has 1 saturated heterocycles. The molecule has 2 heterocycles. The minimum absolute atomic E-state index is 0.0834. The van der Waals surface area contributed by atoms with Crippen LogP contribution in [0.15, 0.2) is 10.1 Å². The predicted octanol–water partition coefficient (Wildman–Crippen LogP) is -0.0740. The highest BCUT2D eigenvalue weighted by atomic mass is 32.2. The quantitative estimate of drug-likeness (QED) is 0.310. The van der Waals surface area contributed by atoms with Crippen LogP contribution < -0.4 is 5.73 Å². The summed E-state index contributed by atoms with van der Waals surface area (Å²) in [5.74, 6) is -0.0834. The molecule has 1 aromatic rings. The van der Waals surface area contributed by atoms with E-state index in [1.807, 2.05) is 0 Å². The van der Waals surface area contributed by atoms with Gasteiger partial charge in [0.15, 0.2) is 5.84 Å². The monoisotopic (exact) mass is 287 g/mol. The van der Waals surface area contributed by atoms with Crippen LogP contribution in [0.4, 0.5) is 0 Å². The molecule has 0 aliphatic carbocycles. The van der Waals surface area contributed by atoms with Crippen LogP contribution in [0.1, 0.15) is 24.2 Å². The van der Waals surface area contributed by atoms with Gasteiger partial charge in [0.2, 0.25) is 10.0 Å². The van der Waals surface area contributed by atoms with Gasteiger partial charge in [-0.25, -0.2) is 8.42 Å². The summed E-state index contributed by atoms with van der Waals surface area (Å²) in [6, 6.07) is -0.594. The molecule has 0 bridgehead atoms. The van der Waals surface area contributed by atoms with Crippen molar-refractivity contribution in [1.82, 2.24) is 14.5 Å². The fourth-order valence-corrected chi connectivity index (χ4v) is 4.43. The number of amidine groups is 1. The molecular formula is C10H17N5O3S. The molecule has 0 aromatic carbocycles. The number of rotatable bonds is 3. The van der Waals surface area contributed by atoms with Crippen molar-refractivity contribution in [3.8, 4) is 0 Å². The molecule has 1 unspecified atom stereocenters. The summed E-state index contributed by atoms with van der Waals surface area (Å²) in [4.78, 5) is 0.171. The number of aromatic amines is 1. The van der Waals surface area contributed by atoms with Crippen molar-refractivity contribution in [3.05, 3.63) is 11.4 Å². The Morgan fingerprint density at radius 3 is 2.79 bits per heavy atom. The molecule has 1 atom stereocenters. The Kier molecular flexibility index (Phi) is 3.50. The SMILES string of the molecule is Cc1n[nH]c(C)c1S(=O)(=O)N1CCCC1C(N)=NO. The van der Waals surface area contributed by atoms with Gasteiger partial charge in [-0.2, -0.15) is 9.40 Å². The first-order chi connectivity index (χ1) is 8.89. The summed E-state index contributed by atoms with van der Waals surface area (Å²) in [7, 11) is -3.69. The summed E-state index contributed by atoms with van der Waals surface area (Å²) in [6.45, 7) is 3.64. The molecule has 2 rings (SSSR count). The molecule has 8 nitrogen and oxygen atoms in total. The van der Waals surface area contributed by atoms with Crippen LogP contribution in [0, 0.1) is 13.8 Å². The number of hydrogen-bond donors (Lipinski definition) is 3. The molecule has 1 aliphatic rings. The predicted molar refractivity (Wildman–Crippen MR) is 68.4 cm³/mol. The highest BCUT2D eigenvalue weighted by Gasteiger charge is 2.39. The van der Waals surface area contributed by atoms with E-state index in [0.717, 1.165) is 0 Å². The van der Waals surface area contributed by atoms with Gasteiger partial charge in [-0.15, -0.1) is 0 Å². The summed E-state index contributed by atoms with van der Waals surface area (Å²) < 4.78 is 26.6. The normalized spacial score (nSPS) is 22.0. The second-order valence-electron chi connectivity index (χ2n) is 4.56. The Balaban J connectivity index is 2.46. The van der Waals surface area contributed by atoms with E-state index in [9.17, 15) is 8.42 Å². The van der Waals surface area contributed by atoms with Crippen molar-refractivity contribution < 1.29 is 13.6 Å². The summed E-state index contributed by atoms with van der Waals surface area (Å²) >= 11 is 0. The molecule has 0 saturated carbocycles. The molecule has 0 radical (unpaired) electrons. The van der Waals surface area contributed by atoms with Crippen LogP contribution in [0.25, 0.3) is 0 Å². The summed E-state index contributed by atoms with van der Waals surface area (Å²) in [5, 5.41) is 18.2. The maximum atomic E-state index is 12.6. The van der Waals surface area contributed by atoms with E-state index in [2.05, 4.69) is 15.4 Å². The average molecular weight is 287 g/mol. The zero-order valence-electron chi connectivity index (χ0n) is 10.8. The second kappa shape index (κ2) is 4.82. The molecule has 4 N–H and O–H groups in total. The fourth-order valence-electron chi connectivity index (χ4n) is 2.43. The maximum absolute atomic E-state index is 12.6. The lowest BCUT2D eigenvalue weighted by atomic mass is 10.2. The van der Waals surface area contributed by atoms with Crippen LogP contribution in [-0.2, 0) is 10.0 Å². The van der Waals surface area contributed by atoms with E-state index in [1.54, 1.807) is 13.8 Å². The van der Waals surface area contributed by atoms with Crippen molar-refractivity contribution in [1.29, 1.82) is 0 Å². The lowest BCUT2D eigenvalue weighted by Crippen LogP contribution is -2.44. The number of aryl methyl sites for hydroxylation is 2. The van der Waals surface area contributed by atoms with E-state index in [0.29, 0.717) is 30.8 Å². The van der Waals surface area contributed by atoms with Crippen LogP contribution in [-0.4, -0.2) is 46.5 Å². The van der Waals surface area contributed by atoms with E-state index >= 15 is 0 Å². The van der Waals surface area contributed by atoms with Gasteiger partial charge in [-0.3, -0.25) is 5.10 Å². The Hall–Kier alpha value is -1.61. The van der Waals surface area contributed by atoms with Gasteiger partial charge in [-0.05, 0) is 26.7 Å². The lowest BCUT2D eigenvalue weighted by molar-refractivity contribution is 0.311. The zero-order chi connectivity index (χ0) is 14.2. The molecule has 1 fully saturated rings. The maximum Gasteiger partial charge on any atom is 0.247 e. The Labute approximate surface area is 111 Å². The van der Waals surface area contributed by atoms with Crippen LogP contribution in [0.5, 0.6) is 0 Å². The molecule has 0 spiro atoms. The second-order valence-corrected chi connectivity index (χ2v) is 6.39. The number of H-pyrrole nitrogens is 1. The lowest BCUT2D eigenvalue weighted by Gasteiger charge is -2.22. The number of nitrogens with zero attached hydrogens (tertiary/aromatic N) is 3.